The van der Waals surface area contributed by atoms with Gasteiger partial charge in [0.25, 0.3) is 0 Å². The molecule has 3 rings (SSSR count). The molecule has 5 heteroatoms. The molecule has 122 valence electrons. The number of sulfonamides is 1. The first-order valence-corrected chi connectivity index (χ1v) is 9.29. The lowest BCUT2D eigenvalue weighted by molar-refractivity contribution is 0.385. The summed E-state index contributed by atoms with van der Waals surface area (Å²) in [5, 5.41) is 0. The van der Waals surface area contributed by atoms with Crippen LogP contribution in [0.3, 0.4) is 0 Å². The smallest absolute Gasteiger partial charge is 0.243 e. The summed E-state index contributed by atoms with van der Waals surface area (Å²) in [5.74, 6) is 0. The molecule has 2 aromatic carbocycles. The maximum atomic E-state index is 12.7. The lowest BCUT2D eigenvalue weighted by Crippen LogP contribution is -2.48. The van der Waals surface area contributed by atoms with Gasteiger partial charge < -0.3 is 4.90 Å². The Hall–Kier alpha value is -1.85. The first kappa shape index (κ1) is 16.0. The molecule has 2 aromatic rings. The minimum atomic E-state index is -3.39. The highest BCUT2D eigenvalue weighted by Gasteiger charge is 2.28. The molecule has 1 aliphatic heterocycles. The van der Waals surface area contributed by atoms with Crippen molar-refractivity contribution < 1.29 is 8.42 Å². The topological polar surface area (TPSA) is 40.6 Å². The highest BCUT2D eigenvalue weighted by molar-refractivity contribution is 7.89. The summed E-state index contributed by atoms with van der Waals surface area (Å²) in [6, 6.07) is 15.5. The van der Waals surface area contributed by atoms with Crippen LogP contribution in [0.2, 0.25) is 0 Å². The van der Waals surface area contributed by atoms with Crippen molar-refractivity contribution in [3.05, 3.63) is 59.7 Å². The monoisotopic (exact) mass is 330 g/mol. The fourth-order valence-electron chi connectivity index (χ4n) is 2.94. The van der Waals surface area contributed by atoms with Crippen LogP contribution in [-0.2, 0) is 10.0 Å². The first-order chi connectivity index (χ1) is 11.0. The van der Waals surface area contributed by atoms with Gasteiger partial charge in [-0.1, -0.05) is 24.3 Å². The van der Waals surface area contributed by atoms with E-state index in [4.69, 9.17) is 0 Å². The fraction of sp³-hybridized carbons (Fsp3) is 0.333. The predicted molar refractivity (Wildman–Crippen MR) is 93.3 cm³/mol. The first-order valence-electron chi connectivity index (χ1n) is 7.85. The molecule has 4 nitrogen and oxygen atoms in total. The van der Waals surface area contributed by atoms with Gasteiger partial charge in [0.05, 0.1) is 4.90 Å². The van der Waals surface area contributed by atoms with Crippen molar-refractivity contribution in [2.45, 2.75) is 18.7 Å². The number of aryl methyl sites for hydroxylation is 2. The minimum absolute atomic E-state index is 0.390. The Kier molecular flexibility index (Phi) is 4.41. The van der Waals surface area contributed by atoms with E-state index >= 15 is 0 Å². The van der Waals surface area contributed by atoms with Gasteiger partial charge in [-0.3, -0.25) is 0 Å². The van der Waals surface area contributed by atoms with Crippen LogP contribution in [0.15, 0.2) is 53.4 Å². The molecular weight excluding hydrogens is 308 g/mol. The Morgan fingerprint density at radius 1 is 0.826 bits per heavy atom. The predicted octanol–water partition coefficient (Wildman–Crippen LogP) is 2.81. The zero-order valence-corrected chi connectivity index (χ0v) is 14.4. The van der Waals surface area contributed by atoms with E-state index in [1.54, 1.807) is 22.5 Å². The highest BCUT2D eigenvalue weighted by Crippen LogP contribution is 2.22. The van der Waals surface area contributed by atoms with Gasteiger partial charge in [-0.05, 0) is 49.2 Å². The van der Waals surface area contributed by atoms with E-state index in [0.717, 1.165) is 11.3 Å². The van der Waals surface area contributed by atoms with Crippen LogP contribution in [0.5, 0.6) is 0 Å². The van der Waals surface area contributed by atoms with Crippen molar-refractivity contribution in [3.63, 3.8) is 0 Å². The van der Waals surface area contributed by atoms with Gasteiger partial charge in [0.15, 0.2) is 0 Å². The van der Waals surface area contributed by atoms with Crippen LogP contribution in [0.25, 0.3) is 0 Å². The second-order valence-electron chi connectivity index (χ2n) is 6.05. The maximum absolute atomic E-state index is 12.7. The van der Waals surface area contributed by atoms with Crippen molar-refractivity contribution >= 4 is 15.7 Å². The molecule has 1 saturated heterocycles. The lowest BCUT2D eigenvalue weighted by Gasteiger charge is -2.35. The van der Waals surface area contributed by atoms with Crippen molar-refractivity contribution in [1.82, 2.24) is 4.31 Å². The average Bonchev–Trinajstić information content (AvgIpc) is 2.55. The van der Waals surface area contributed by atoms with E-state index in [1.165, 1.54) is 5.56 Å². The Bertz CT molecular complexity index is 794. The normalized spacial score (nSPS) is 16.5. The molecular formula is C18H22N2O2S. The van der Waals surface area contributed by atoms with Crippen LogP contribution in [-0.4, -0.2) is 38.9 Å². The summed E-state index contributed by atoms with van der Waals surface area (Å²) in [4.78, 5) is 2.64. The van der Waals surface area contributed by atoms with Gasteiger partial charge in [-0.15, -0.1) is 0 Å². The number of nitrogens with zero attached hydrogens (tertiary/aromatic N) is 2. The van der Waals surface area contributed by atoms with E-state index in [-0.39, 0.29) is 0 Å². The summed E-state index contributed by atoms with van der Waals surface area (Å²) in [6.07, 6.45) is 0. The highest BCUT2D eigenvalue weighted by atomic mass is 32.2. The molecule has 1 heterocycles. The molecule has 1 fully saturated rings. The molecule has 0 aromatic heterocycles. The summed E-state index contributed by atoms with van der Waals surface area (Å²) in [5.41, 5.74) is 3.35. The van der Waals surface area contributed by atoms with Crippen LogP contribution < -0.4 is 4.90 Å². The molecule has 0 aliphatic carbocycles. The molecule has 0 radical (unpaired) electrons. The molecule has 0 spiro atoms. The number of piperazine rings is 1. The van der Waals surface area contributed by atoms with E-state index in [1.807, 2.05) is 19.1 Å². The van der Waals surface area contributed by atoms with E-state index < -0.39 is 10.0 Å². The Balaban J connectivity index is 1.73. The Labute approximate surface area is 138 Å². The van der Waals surface area contributed by atoms with Gasteiger partial charge in [0.1, 0.15) is 0 Å². The van der Waals surface area contributed by atoms with Crippen LogP contribution in [0.4, 0.5) is 5.69 Å². The van der Waals surface area contributed by atoms with Gasteiger partial charge >= 0.3 is 0 Å². The molecule has 0 unspecified atom stereocenters. The standard InChI is InChI=1S/C18H22N2O2S/c1-15-5-3-7-17(13-15)19-9-11-20(12-10-19)23(21,22)18-8-4-6-16(2)14-18/h3-8,13-14H,9-12H2,1-2H3. The van der Waals surface area contributed by atoms with Gasteiger partial charge in [0, 0.05) is 31.9 Å². The van der Waals surface area contributed by atoms with Crippen LogP contribution >= 0.6 is 0 Å². The third-order valence-corrected chi connectivity index (χ3v) is 6.13. The quantitative estimate of drug-likeness (QED) is 0.869. The van der Waals surface area contributed by atoms with Crippen LogP contribution in [0.1, 0.15) is 11.1 Å². The molecule has 23 heavy (non-hydrogen) atoms. The van der Waals surface area contributed by atoms with Crippen molar-refractivity contribution in [2.24, 2.45) is 0 Å². The van der Waals surface area contributed by atoms with Crippen molar-refractivity contribution in [1.29, 1.82) is 0 Å². The van der Waals surface area contributed by atoms with Gasteiger partial charge in [-0.25, -0.2) is 8.42 Å². The van der Waals surface area contributed by atoms with Gasteiger partial charge in [-0.2, -0.15) is 4.31 Å². The average molecular weight is 330 g/mol. The van der Waals surface area contributed by atoms with E-state index in [9.17, 15) is 8.42 Å². The fourth-order valence-corrected chi connectivity index (χ4v) is 4.46. The van der Waals surface area contributed by atoms with Crippen molar-refractivity contribution in [3.8, 4) is 0 Å². The summed E-state index contributed by atoms with van der Waals surface area (Å²) < 4.78 is 27.1. The van der Waals surface area contributed by atoms with E-state index in [2.05, 4.69) is 30.0 Å². The minimum Gasteiger partial charge on any atom is -0.369 e. The second-order valence-corrected chi connectivity index (χ2v) is 7.98. The van der Waals surface area contributed by atoms with Crippen LogP contribution in [0, 0.1) is 13.8 Å². The largest absolute Gasteiger partial charge is 0.369 e. The Morgan fingerprint density at radius 3 is 2.04 bits per heavy atom. The summed E-state index contributed by atoms with van der Waals surface area (Å²) in [7, 11) is -3.39. The second kappa shape index (κ2) is 6.34. The molecule has 0 saturated carbocycles. The number of hydrogen-bond donors (Lipinski definition) is 0. The number of benzene rings is 2. The molecule has 0 N–H and O–H groups in total. The third-order valence-electron chi connectivity index (χ3n) is 4.23. The van der Waals surface area contributed by atoms with Gasteiger partial charge in [0.2, 0.25) is 10.0 Å². The maximum Gasteiger partial charge on any atom is 0.243 e. The van der Waals surface area contributed by atoms with Crippen molar-refractivity contribution in [2.75, 3.05) is 31.1 Å². The Morgan fingerprint density at radius 2 is 1.43 bits per heavy atom. The van der Waals surface area contributed by atoms with E-state index in [0.29, 0.717) is 31.1 Å². The summed E-state index contributed by atoms with van der Waals surface area (Å²) in [6.45, 7) is 6.45. The zero-order chi connectivity index (χ0) is 16.4. The lowest BCUT2D eigenvalue weighted by atomic mass is 10.2. The molecule has 0 bridgehead atoms. The number of rotatable bonds is 3. The summed E-state index contributed by atoms with van der Waals surface area (Å²) >= 11 is 0. The number of anilines is 1. The molecule has 0 amide bonds. The third kappa shape index (κ3) is 3.41. The molecule has 1 aliphatic rings. The zero-order valence-electron chi connectivity index (χ0n) is 13.6. The number of hydrogen-bond acceptors (Lipinski definition) is 3. The molecule has 0 atom stereocenters. The SMILES string of the molecule is Cc1cccc(N2CCN(S(=O)(=O)c3cccc(C)c3)CC2)c1.